The normalized spacial score (nSPS) is 10.8. The van der Waals surface area contributed by atoms with E-state index in [1.165, 1.54) is 7.05 Å². The minimum Gasteiger partial charge on any atom is -0.505 e. The molecule has 0 saturated carbocycles. The van der Waals surface area contributed by atoms with Crippen LogP contribution in [0.4, 0.5) is 4.39 Å². The van der Waals surface area contributed by atoms with E-state index < -0.39 is 11.6 Å². The predicted molar refractivity (Wildman–Crippen MR) is 49.0 cm³/mol. The van der Waals surface area contributed by atoms with Crippen molar-refractivity contribution < 1.29 is 14.7 Å². The average molecular weight is 250 g/mol. The van der Waals surface area contributed by atoms with E-state index in [0.29, 0.717) is 10.0 Å². The molecule has 0 aromatic heterocycles. The Hall–Kier alpha value is -0.650. The van der Waals surface area contributed by atoms with Crippen LogP contribution in [0.25, 0.3) is 0 Å². The van der Waals surface area contributed by atoms with Gasteiger partial charge in [0.05, 0.1) is 6.54 Å². The van der Waals surface area contributed by atoms with Crippen LogP contribution in [0.15, 0.2) is 16.6 Å². The Morgan fingerprint density at radius 2 is 2.15 bits per heavy atom. The van der Waals surface area contributed by atoms with Gasteiger partial charge in [-0.25, -0.2) is 4.39 Å². The van der Waals surface area contributed by atoms with E-state index in [1.807, 2.05) is 0 Å². The molecular weight excluding hydrogens is 241 g/mol. The molecule has 0 fully saturated rings. The number of benzene rings is 1. The number of rotatable bonds is 2. The van der Waals surface area contributed by atoms with E-state index in [-0.39, 0.29) is 6.54 Å². The second kappa shape index (κ2) is 4.04. The molecule has 0 saturated heterocycles. The fourth-order valence-electron chi connectivity index (χ4n) is 0.986. The van der Waals surface area contributed by atoms with E-state index in [4.69, 9.17) is 5.21 Å². The number of hydroxylamine groups is 2. The highest BCUT2D eigenvalue weighted by molar-refractivity contribution is 9.10. The summed E-state index contributed by atoms with van der Waals surface area (Å²) >= 11 is 3.09. The highest BCUT2D eigenvalue weighted by Crippen LogP contribution is 2.26. The number of nitrogens with zero attached hydrogens (tertiary/aromatic N) is 1. The van der Waals surface area contributed by atoms with Gasteiger partial charge in [0.15, 0.2) is 11.6 Å². The summed E-state index contributed by atoms with van der Waals surface area (Å²) in [7, 11) is 1.41. The van der Waals surface area contributed by atoms with Gasteiger partial charge in [-0.3, -0.25) is 0 Å². The van der Waals surface area contributed by atoms with Gasteiger partial charge >= 0.3 is 0 Å². The molecule has 0 bridgehead atoms. The second-order valence-electron chi connectivity index (χ2n) is 2.71. The maximum Gasteiger partial charge on any atom is 0.166 e. The Bertz CT molecular complexity index is 317. The van der Waals surface area contributed by atoms with Crippen molar-refractivity contribution in [2.24, 2.45) is 0 Å². The molecule has 0 atom stereocenters. The van der Waals surface area contributed by atoms with Crippen LogP contribution in [-0.4, -0.2) is 22.4 Å². The molecule has 2 N–H and O–H groups in total. The van der Waals surface area contributed by atoms with Crippen LogP contribution in [-0.2, 0) is 6.54 Å². The van der Waals surface area contributed by atoms with Gasteiger partial charge in [0, 0.05) is 17.1 Å². The predicted octanol–water partition coefficient (Wildman–Crippen LogP) is 2.11. The molecule has 0 aliphatic rings. The van der Waals surface area contributed by atoms with Crippen LogP contribution in [0.2, 0.25) is 0 Å². The molecule has 0 heterocycles. The van der Waals surface area contributed by atoms with Gasteiger partial charge in [0.1, 0.15) is 0 Å². The molecule has 0 unspecified atom stereocenters. The lowest BCUT2D eigenvalue weighted by Crippen LogP contribution is -2.12. The Labute approximate surface area is 83.5 Å². The van der Waals surface area contributed by atoms with E-state index in [0.717, 1.165) is 11.1 Å². The lowest BCUT2D eigenvalue weighted by molar-refractivity contribution is -0.0736. The van der Waals surface area contributed by atoms with Gasteiger partial charge in [0.25, 0.3) is 0 Å². The van der Waals surface area contributed by atoms with E-state index >= 15 is 0 Å². The van der Waals surface area contributed by atoms with Crippen molar-refractivity contribution >= 4 is 15.9 Å². The number of phenols is 1. The second-order valence-corrected chi connectivity index (χ2v) is 3.63. The van der Waals surface area contributed by atoms with Crippen LogP contribution >= 0.6 is 15.9 Å². The van der Waals surface area contributed by atoms with Gasteiger partial charge in [0.2, 0.25) is 0 Å². The summed E-state index contributed by atoms with van der Waals surface area (Å²) in [6, 6.07) is 2.71. The highest BCUT2D eigenvalue weighted by atomic mass is 79.9. The minimum atomic E-state index is -0.703. The zero-order valence-corrected chi connectivity index (χ0v) is 8.55. The Kier molecular flexibility index (Phi) is 3.24. The first-order valence-corrected chi connectivity index (χ1v) is 4.37. The number of halogens is 2. The summed E-state index contributed by atoms with van der Waals surface area (Å²) in [5.41, 5.74) is 0.330. The third-order valence-corrected chi connectivity index (χ3v) is 1.96. The van der Waals surface area contributed by atoms with E-state index in [2.05, 4.69) is 15.9 Å². The molecule has 1 aromatic rings. The standard InChI is InChI=1S/C8H9BrFNO2/c1-11(13)4-5-2-6(9)3-7(10)8(5)12/h2-3,12-13H,4H2,1H3. The molecule has 0 amide bonds. The summed E-state index contributed by atoms with van der Waals surface area (Å²) < 4.78 is 13.4. The monoisotopic (exact) mass is 249 g/mol. The number of hydrogen-bond donors (Lipinski definition) is 2. The molecule has 1 rings (SSSR count). The number of hydrogen-bond acceptors (Lipinski definition) is 3. The third kappa shape index (κ3) is 2.65. The number of phenolic OH excluding ortho intramolecular Hbond substituents is 1. The summed E-state index contributed by atoms with van der Waals surface area (Å²) in [5, 5.41) is 19.0. The molecule has 1 aromatic carbocycles. The van der Waals surface area contributed by atoms with Crippen molar-refractivity contribution in [2.75, 3.05) is 7.05 Å². The van der Waals surface area contributed by atoms with Crippen molar-refractivity contribution in [3.8, 4) is 5.75 Å². The quantitative estimate of drug-likeness (QED) is 0.790. The molecule has 3 nitrogen and oxygen atoms in total. The average Bonchev–Trinajstić information content (AvgIpc) is 1.98. The molecule has 5 heteroatoms. The zero-order valence-electron chi connectivity index (χ0n) is 6.96. The van der Waals surface area contributed by atoms with Crippen LogP contribution in [0.5, 0.6) is 5.75 Å². The Morgan fingerprint density at radius 3 is 2.69 bits per heavy atom. The summed E-state index contributed by atoms with van der Waals surface area (Å²) in [6.45, 7) is 0.0716. The summed E-state index contributed by atoms with van der Waals surface area (Å²) in [5.74, 6) is -1.13. The van der Waals surface area contributed by atoms with Crippen molar-refractivity contribution in [3.05, 3.63) is 28.0 Å². The molecule has 13 heavy (non-hydrogen) atoms. The first kappa shape index (κ1) is 10.4. The summed E-state index contributed by atoms with van der Waals surface area (Å²) in [4.78, 5) is 0. The van der Waals surface area contributed by atoms with Gasteiger partial charge in [-0.15, -0.1) is 0 Å². The van der Waals surface area contributed by atoms with Crippen LogP contribution < -0.4 is 0 Å². The largest absolute Gasteiger partial charge is 0.505 e. The molecule has 72 valence electrons. The van der Waals surface area contributed by atoms with Crippen molar-refractivity contribution in [1.29, 1.82) is 0 Å². The molecule has 0 radical (unpaired) electrons. The van der Waals surface area contributed by atoms with Crippen LogP contribution in [0.1, 0.15) is 5.56 Å². The van der Waals surface area contributed by atoms with Crippen molar-refractivity contribution in [2.45, 2.75) is 6.54 Å². The molecule has 0 spiro atoms. The molecule has 0 aliphatic heterocycles. The third-order valence-electron chi connectivity index (χ3n) is 1.51. The molecule has 0 aliphatic carbocycles. The van der Waals surface area contributed by atoms with Gasteiger partial charge in [-0.1, -0.05) is 15.9 Å². The van der Waals surface area contributed by atoms with Gasteiger partial charge in [-0.2, -0.15) is 5.06 Å². The van der Waals surface area contributed by atoms with Crippen molar-refractivity contribution in [1.82, 2.24) is 5.06 Å². The van der Waals surface area contributed by atoms with Crippen molar-refractivity contribution in [3.63, 3.8) is 0 Å². The van der Waals surface area contributed by atoms with Crippen LogP contribution in [0.3, 0.4) is 0 Å². The van der Waals surface area contributed by atoms with Crippen LogP contribution in [0, 0.1) is 5.82 Å². The lowest BCUT2D eigenvalue weighted by atomic mass is 10.2. The zero-order chi connectivity index (χ0) is 10.0. The fraction of sp³-hybridized carbons (Fsp3) is 0.250. The first-order valence-electron chi connectivity index (χ1n) is 3.57. The Balaban J connectivity index is 3.05. The van der Waals surface area contributed by atoms with E-state index in [9.17, 15) is 9.50 Å². The smallest absolute Gasteiger partial charge is 0.166 e. The SMILES string of the molecule is CN(O)Cc1cc(Br)cc(F)c1O. The maximum absolute atomic E-state index is 12.9. The first-order chi connectivity index (χ1) is 6.00. The minimum absolute atomic E-state index is 0.0716. The highest BCUT2D eigenvalue weighted by Gasteiger charge is 2.09. The molecular formula is C8H9BrFNO2. The Morgan fingerprint density at radius 1 is 1.54 bits per heavy atom. The van der Waals surface area contributed by atoms with E-state index in [1.54, 1.807) is 6.07 Å². The lowest BCUT2D eigenvalue weighted by Gasteiger charge is -2.10. The van der Waals surface area contributed by atoms with Gasteiger partial charge in [-0.05, 0) is 12.1 Å². The number of aromatic hydroxyl groups is 1. The maximum atomic E-state index is 12.9. The topological polar surface area (TPSA) is 43.7 Å². The van der Waals surface area contributed by atoms with Gasteiger partial charge < -0.3 is 10.3 Å². The fourth-order valence-corrected chi connectivity index (χ4v) is 1.46. The summed E-state index contributed by atoms with van der Waals surface area (Å²) in [6.07, 6.45) is 0.